The molecule has 2 aromatic carbocycles. The fraction of sp³-hybridized carbons (Fsp3) is 0.188. The largest absolute Gasteiger partial charge is 0.456 e. The van der Waals surface area contributed by atoms with Crippen molar-refractivity contribution in [1.29, 1.82) is 5.26 Å². The number of rotatable bonds is 4. The van der Waals surface area contributed by atoms with Gasteiger partial charge in [-0.3, -0.25) is 0 Å². The van der Waals surface area contributed by atoms with Gasteiger partial charge in [0.15, 0.2) is 0 Å². The lowest BCUT2D eigenvalue weighted by molar-refractivity contribution is 0.476. The van der Waals surface area contributed by atoms with Crippen molar-refractivity contribution in [3.05, 3.63) is 59.2 Å². The van der Waals surface area contributed by atoms with E-state index in [1.54, 1.807) is 6.07 Å². The number of nitrogens with one attached hydrogen (secondary N) is 1. The highest BCUT2D eigenvalue weighted by atomic mass is 16.5. The van der Waals surface area contributed by atoms with Crippen molar-refractivity contribution in [2.75, 3.05) is 7.05 Å². The minimum absolute atomic E-state index is 0.555. The molecule has 0 amide bonds. The number of nitriles is 1. The highest BCUT2D eigenvalue weighted by Crippen LogP contribution is 2.28. The normalized spacial score (nSPS) is 9.95. The molecule has 19 heavy (non-hydrogen) atoms. The van der Waals surface area contributed by atoms with Crippen molar-refractivity contribution in [3.8, 4) is 17.6 Å². The van der Waals surface area contributed by atoms with E-state index in [1.165, 1.54) is 0 Å². The minimum atomic E-state index is 0.555. The van der Waals surface area contributed by atoms with E-state index in [0.717, 1.165) is 23.4 Å². The van der Waals surface area contributed by atoms with Crippen LogP contribution in [-0.4, -0.2) is 7.05 Å². The molecule has 0 bridgehead atoms. The molecule has 0 saturated heterocycles. The quantitative estimate of drug-likeness (QED) is 0.907. The minimum Gasteiger partial charge on any atom is -0.456 e. The molecule has 0 unspecified atom stereocenters. The molecule has 1 N–H and O–H groups in total. The first-order valence-corrected chi connectivity index (χ1v) is 6.15. The lowest BCUT2D eigenvalue weighted by atomic mass is 10.1. The van der Waals surface area contributed by atoms with Crippen LogP contribution in [0.2, 0.25) is 0 Å². The van der Waals surface area contributed by atoms with Gasteiger partial charge in [0.05, 0.1) is 5.56 Å². The van der Waals surface area contributed by atoms with E-state index < -0.39 is 0 Å². The van der Waals surface area contributed by atoms with E-state index in [1.807, 2.05) is 50.4 Å². The Morgan fingerprint density at radius 2 is 2.00 bits per heavy atom. The summed E-state index contributed by atoms with van der Waals surface area (Å²) in [6.45, 7) is 2.73. The molecular weight excluding hydrogens is 236 g/mol. The standard InChI is InChI=1S/C16H16N2O/c1-12-5-3-7-14(10-17)16(12)19-15-8-4-6-13(9-15)11-18-2/h3-9,18H,11H2,1-2H3. The Bertz CT molecular complexity index is 614. The number of nitrogens with zero attached hydrogens (tertiary/aromatic N) is 1. The van der Waals surface area contributed by atoms with E-state index >= 15 is 0 Å². The first kappa shape index (κ1) is 13.1. The van der Waals surface area contributed by atoms with Crippen molar-refractivity contribution >= 4 is 0 Å². The zero-order valence-corrected chi connectivity index (χ0v) is 11.1. The topological polar surface area (TPSA) is 45.0 Å². The third kappa shape index (κ3) is 3.12. The molecule has 0 heterocycles. The highest BCUT2D eigenvalue weighted by molar-refractivity contribution is 5.50. The van der Waals surface area contributed by atoms with Crippen molar-refractivity contribution in [1.82, 2.24) is 5.32 Å². The van der Waals surface area contributed by atoms with Gasteiger partial charge >= 0.3 is 0 Å². The van der Waals surface area contributed by atoms with Crippen LogP contribution in [-0.2, 0) is 6.54 Å². The van der Waals surface area contributed by atoms with Gasteiger partial charge in [0.25, 0.3) is 0 Å². The predicted octanol–water partition coefficient (Wildman–Crippen LogP) is 3.38. The summed E-state index contributed by atoms with van der Waals surface area (Å²) in [5.41, 5.74) is 2.66. The van der Waals surface area contributed by atoms with Crippen LogP contribution in [0.3, 0.4) is 0 Å². The molecule has 0 atom stereocenters. The molecule has 3 heteroatoms. The number of ether oxygens (including phenoxy) is 1. The number of aryl methyl sites for hydroxylation is 1. The van der Waals surface area contributed by atoms with Crippen LogP contribution in [0, 0.1) is 18.3 Å². The van der Waals surface area contributed by atoms with Gasteiger partial charge in [-0.15, -0.1) is 0 Å². The fourth-order valence-electron chi connectivity index (χ4n) is 1.92. The Labute approximate surface area is 113 Å². The summed E-state index contributed by atoms with van der Waals surface area (Å²) in [7, 11) is 1.91. The fourth-order valence-corrected chi connectivity index (χ4v) is 1.92. The monoisotopic (exact) mass is 252 g/mol. The summed E-state index contributed by atoms with van der Waals surface area (Å²) in [4.78, 5) is 0. The van der Waals surface area contributed by atoms with Crippen LogP contribution in [0.15, 0.2) is 42.5 Å². The zero-order chi connectivity index (χ0) is 13.7. The summed E-state index contributed by atoms with van der Waals surface area (Å²) in [5, 5.41) is 12.2. The maximum Gasteiger partial charge on any atom is 0.148 e. The highest BCUT2D eigenvalue weighted by Gasteiger charge is 2.08. The number of para-hydroxylation sites is 1. The van der Waals surface area contributed by atoms with Gasteiger partial charge in [0.1, 0.15) is 17.6 Å². The molecule has 0 saturated carbocycles. The van der Waals surface area contributed by atoms with Crippen LogP contribution in [0.25, 0.3) is 0 Å². The number of benzene rings is 2. The molecule has 3 nitrogen and oxygen atoms in total. The molecule has 2 aromatic rings. The average Bonchev–Trinajstić information content (AvgIpc) is 2.42. The van der Waals surface area contributed by atoms with E-state index in [0.29, 0.717) is 11.3 Å². The second-order valence-corrected chi connectivity index (χ2v) is 4.34. The Hall–Kier alpha value is -2.31. The van der Waals surface area contributed by atoms with Gasteiger partial charge < -0.3 is 10.1 Å². The third-order valence-corrected chi connectivity index (χ3v) is 2.83. The van der Waals surface area contributed by atoms with Crippen LogP contribution < -0.4 is 10.1 Å². The van der Waals surface area contributed by atoms with Crippen molar-refractivity contribution in [2.24, 2.45) is 0 Å². The molecule has 0 fully saturated rings. The SMILES string of the molecule is CNCc1cccc(Oc2c(C)cccc2C#N)c1. The van der Waals surface area contributed by atoms with E-state index in [4.69, 9.17) is 10.00 Å². The molecule has 0 aromatic heterocycles. The van der Waals surface area contributed by atoms with E-state index in [9.17, 15) is 0 Å². The molecule has 0 aliphatic rings. The van der Waals surface area contributed by atoms with Gasteiger partial charge in [0.2, 0.25) is 0 Å². The number of hydrogen-bond acceptors (Lipinski definition) is 3. The Balaban J connectivity index is 2.31. The second kappa shape index (κ2) is 6.03. The maximum atomic E-state index is 9.12. The van der Waals surface area contributed by atoms with Gasteiger partial charge in [-0.05, 0) is 43.3 Å². The third-order valence-electron chi connectivity index (χ3n) is 2.83. The molecule has 0 aliphatic heterocycles. The Morgan fingerprint density at radius 3 is 2.74 bits per heavy atom. The summed E-state index contributed by atoms with van der Waals surface area (Å²) in [6, 6.07) is 15.6. The number of hydrogen-bond donors (Lipinski definition) is 1. The summed E-state index contributed by atoms with van der Waals surface area (Å²) in [5.74, 6) is 1.38. The maximum absolute atomic E-state index is 9.12. The van der Waals surface area contributed by atoms with Crippen LogP contribution in [0.5, 0.6) is 11.5 Å². The lowest BCUT2D eigenvalue weighted by Crippen LogP contribution is -2.04. The van der Waals surface area contributed by atoms with Crippen LogP contribution in [0.4, 0.5) is 0 Å². The summed E-state index contributed by atoms with van der Waals surface area (Å²) in [6.07, 6.45) is 0. The molecular formula is C16H16N2O. The summed E-state index contributed by atoms with van der Waals surface area (Å²) >= 11 is 0. The first-order chi connectivity index (χ1) is 9.24. The lowest BCUT2D eigenvalue weighted by Gasteiger charge is -2.11. The molecule has 96 valence electrons. The molecule has 0 aliphatic carbocycles. The zero-order valence-electron chi connectivity index (χ0n) is 11.1. The predicted molar refractivity (Wildman–Crippen MR) is 75.2 cm³/mol. The smallest absolute Gasteiger partial charge is 0.148 e. The van der Waals surface area contributed by atoms with Crippen molar-refractivity contribution in [2.45, 2.75) is 13.5 Å². The summed E-state index contributed by atoms with van der Waals surface area (Å²) < 4.78 is 5.87. The van der Waals surface area contributed by atoms with Gasteiger partial charge in [-0.2, -0.15) is 5.26 Å². The van der Waals surface area contributed by atoms with Crippen molar-refractivity contribution < 1.29 is 4.74 Å². The molecule has 0 radical (unpaired) electrons. The Morgan fingerprint density at radius 1 is 1.21 bits per heavy atom. The van der Waals surface area contributed by atoms with E-state index in [2.05, 4.69) is 11.4 Å². The Kier molecular flexibility index (Phi) is 4.17. The van der Waals surface area contributed by atoms with Gasteiger partial charge in [-0.1, -0.05) is 24.3 Å². The second-order valence-electron chi connectivity index (χ2n) is 4.34. The first-order valence-electron chi connectivity index (χ1n) is 6.15. The van der Waals surface area contributed by atoms with E-state index in [-0.39, 0.29) is 0 Å². The average molecular weight is 252 g/mol. The van der Waals surface area contributed by atoms with Crippen LogP contribution in [0.1, 0.15) is 16.7 Å². The van der Waals surface area contributed by atoms with Crippen molar-refractivity contribution in [3.63, 3.8) is 0 Å². The van der Waals surface area contributed by atoms with Gasteiger partial charge in [0, 0.05) is 6.54 Å². The molecule has 2 rings (SSSR count). The van der Waals surface area contributed by atoms with Gasteiger partial charge in [-0.25, -0.2) is 0 Å². The van der Waals surface area contributed by atoms with Crippen LogP contribution >= 0.6 is 0 Å². The molecule has 0 spiro atoms.